The fourth-order valence-corrected chi connectivity index (χ4v) is 1.88. The molecule has 1 atom stereocenters. The van der Waals surface area contributed by atoms with Gasteiger partial charge in [0.05, 0.1) is 5.69 Å². The third-order valence-corrected chi connectivity index (χ3v) is 2.99. The molecule has 1 heterocycles. The highest BCUT2D eigenvalue weighted by atomic mass is 35.5. The van der Waals surface area contributed by atoms with Gasteiger partial charge in [-0.1, -0.05) is 30.7 Å². The Kier molecular flexibility index (Phi) is 3.82. The van der Waals surface area contributed by atoms with E-state index in [-0.39, 0.29) is 6.04 Å². The van der Waals surface area contributed by atoms with Crippen molar-refractivity contribution in [3.63, 3.8) is 0 Å². The van der Waals surface area contributed by atoms with Gasteiger partial charge in [0.25, 0.3) is 0 Å². The first-order valence-corrected chi connectivity index (χ1v) is 6.12. The highest BCUT2D eigenvalue weighted by Gasteiger charge is 2.07. The Morgan fingerprint density at radius 1 is 1.41 bits per heavy atom. The van der Waals surface area contributed by atoms with Gasteiger partial charge in [-0.3, -0.25) is 5.10 Å². The van der Waals surface area contributed by atoms with E-state index in [0.717, 1.165) is 34.8 Å². The summed E-state index contributed by atoms with van der Waals surface area (Å²) in [7, 11) is 0. The van der Waals surface area contributed by atoms with Gasteiger partial charge in [0.2, 0.25) is 0 Å². The van der Waals surface area contributed by atoms with E-state index in [4.69, 9.17) is 17.3 Å². The molecule has 0 aliphatic carbocycles. The van der Waals surface area contributed by atoms with Gasteiger partial charge >= 0.3 is 0 Å². The van der Waals surface area contributed by atoms with Crippen LogP contribution in [-0.2, 0) is 6.42 Å². The molecule has 1 unspecified atom stereocenters. The Bertz CT molecular complexity index is 493. The maximum Gasteiger partial charge on any atom is 0.0924 e. The Morgan fingerprint density at radius 3 is 2.94 bits per heavy atom. The van der Waals surface area contributed by atoms with Crippen LogP contribution in [0, 0.1) is 0 Å². The lowest BCUT2D eigenvalue weighted by molar-refractivity contribution is 0.635. The molecule has 4 heteroatoms. The zero-order valence-electron chi connectivity index (χ0n) is 9.78. The lowest BCUT2D eigenvalue weighted by Gasteiger charge is -2.04. The molecule has 0 amide bonds. The maximum absolute atomic E-state index is 5.95. The molecule has 0 radical (unpaired) electrons. The largest absolute Gasteiger partial charge is 0.327 e. The summed E-state index contributed by atoms with van der Waals surface area (Å²) in [5.74, 6) is 0. The predicted molar refractivity (Wildman–Crippen MR) is 71.0 cm³/mol. The summed E-state index contributed by atoms with van der Waals surface area (Å²) >= 11 is 5.95. The van der Waals surface area contributed by atoms with Crippen LogP contribution in [0.15, 0.2) is 30.3 Å². The second kappa shape index (κ2) is 5.34. The average Bonchev–Trinajstić information content (AvgIpc) is 2.77. The van der Waals surface area contributed by atoms with E-state index in [1.54, 1.807) is 0 Å². The Hall–Kier alpha value is -1.32. The maximum atomic E-state index is 5.95. The van der Waals surface area contributed by atoms with E-state index >= 15 is 0 Å². The minimum Gasteiger partial charge on any atom is -0.327 e. The van der Waals surface area contributed by atoms with Crippen LogP contribution in [0.2, 0.25) is 5.02 Å². The van der Waals surface area contributed by atoms with E-state index in [9.17, 15) is 0 Å². The second-order valence-corrected chi connectivity index (χ2v) is 4.60. The van der Waals surface area contributed by atoms with Crippen molar-refractivity contribution in [1.29, 1.82) is 0 Å². The zero-order chi connectivity index (χ0) is 12.3. The molecule has 0 saturated carbocycles. The molecule has 0 aliphatic rings. The summed E-state index contributed by atoms with van der Waals surface area (Å²) in [5.41, 5.74) is 8.90. The molecule has 2 rings (SSSR count). The average molecular weight is 250 g/mol. The van der Waals surface area contributed by atoms with Gasteiger partial charge in [0.15, 0.2) is 0 Å². The van der Waals surface area contributed by atoms with E-state index in [2.05, 4.69) is 17.1 Å². The van der Waals surface area contributed by atoms with Crippen LogP contribution in [0.3, 0.4) is 0 Å². The first-order valence-electron chi connectivity index (χ1n) is 5.75. The van der Waals surface area contributed by atoms with E-state index in [1.807, 2.05) is 30.3 Å². The van der Waals surface area contributed by atoms with E-state index < -0.39 is 0 Å². The summed E-state index contributed by atoms with van der Waals surface area (Å²) in [6.45, 7) is 2.08. The zero-order valence-corrected chi connectivity index (χ0v) is 10.5. The highest BCUT2D eigenvalue weighted by molar-refractivity contribution is 6.30. The monoisotopic (exact) mass is 249 g/mol. The molecule has 0 saturated heterocycles. The molecule has 17 heavy (non-hydrogen) atoms. The van der Waals surface area contributed by atoms with Crippen LogP contribution >= 0.6 is 11.6 Å². The number of hydrogen-bond donors (Lipinski definition) is 2. The van der Waals surface area contributed by atoms with Gasteiger partial charge in [0, 0.05) is 28.7 Å². The van der Waals surface area contributed by atoms with Crippen molar-refractivity contribution in [2.45, 2.75) is 25.8 Å². The van der Waals surface area contributed by atoms with Gasteiger partial charge in [-0.05, 0) is 24.6 Å². The van der Waals surface area contributed by atoms with E-state index in [0.29, 0.717) is 0 Å². The third kappa shape index (κ3) is 3.08. The molecule has 1 aromatic carbocycles. The number of nitrogens with one attached hydrogen (secondary N) is 1. The van der Waals surface area contributed by atoms with Gasteiger partial charge < -0.3 is 5.73 Å². The van der Waals surface area contributed by atoms with Crippen LogP contribution in [0.5, 0.6) is 0 Å². The number of halogens is 1. The van der Waals surface area contributed by atoms with Crippen molar-refractivity contribution in [2.75, 3.05) is 0 Å². The standard InChI is InChI=1S/C13H16ClN3/c1-2-11(15)7-12-8-13(17-16-12)9-4-3-5-10(14)6-9/h3-6,8,11H,2,7,15H2,1H3,(H,16,17). The van der Waals surface area contributed by atoms with Gasteiger partial charge in [-0.15, -0.1) is 0 Å². The Morgan fingerprint density at radius 2 is 2.24 bits per heavy atom. The second-order valence-electron chi connectivity index (χ2n) is 4.16. The summed E-state index contributed by atoms with van der Waals surface area (Å²) in [6.07, 6.45) is 1.79. The minimum atomic E-state index is 0.183. The lowest BCUT2D eigenvalue weighted by Crippen LogP contribution is -2.21. The summed E-state index contributed by atoms with van der Waals surface area (Å²) < 4.78 is 0. The van der Waals surface area contributed by atoms with Crippen molar-refractivity contribution in [3.8, 4) is 11.3 Å². The molecular weight excluding hydrogens is 234 g/mol. The van der Waals surface area contributed by atoms with Gasteiger partial charge in [0.1, 0.15) is 0 Å². The number of hydrogen-bond acceptors (Lipinski definition) is 2. The van der Waals surface area contributed by atoms with Crippen LogP contribution in [0.25, 0.3) is 11.3 Å². The molecule has 0 spiro atoms. The minimum absolute atomic E-state index is 0.183. The first kappa shape index (κ1) is 12.1. The van der Waals surface area contributed by atoms with Gasteiger partial charge in [-0.25, -0.2) is 0 Å². The quantitative estimate of drug-likeness (QED) is 0.875. The number of aromatic nitrogens is 2. The van der Waals surface area contributed by atoms with Crippen molar-refractivity contribution in [1.82, 2.24) is 10.2 Å². The normalized spacial score (nSPS) is 12.6. The van der Waals surface area contributed by atoms with Crippen molar-refractivity contribution < 1.29 is 0 Å². The summed E-state index contributed by atoms with van der Waals surface area (Å²) in [6, 6.07) is 9.88. The number of aromatic amines is 1. The number of rotatable bonds is 4. The summed E-state index contributed by atoms with van der Waals surface area (Å²) in [4.78, 5) is 0. The highest BCUT2D eigenvalue weighted by Crippen LogP contribution is 2.21. The molecule has 2 aromatic rings. The van der Waals surface area contributed by atoms with Crippen LogP contribution in [-0.4, -0.2) is 16.2 Å². The topological polar surface area (TPSA) is 54.7 Å². The number of benzene rings is 1. The molecule has 0 fully saturated rings. The van der Waals surface area contributed by atoms with Crippen LogP contribution in [0.1, 0.15) is 19.0 Å². The fraction of sp³-hybridized carbons (Fsp3) is 0.308. The summed E-state index contributed by atoms with van der Waals surface area (Å²) in [5, 5.41) is 8.01. The Labute approximate surface area is 106 Å². The molecular formula is C13H16ClN3. The van der Waals surface area contributed by atoms with Crippen molar-refractivity contribution in [2.24, 2.45) is 5.73 Å². The number of nitrogens with zero attached hydrogens (tertiary/aromatic N) is 1. The molecule has 1 aromatic heterocycles. The van der Waals surface area contributed by atoms with Gasteiger partial charge in [-0.2, -0.15) is 5.10 Å². The molecule has 3 N–H and O–H groups in total. The number of nitrogens with two attached hydrogens (primary N) is 1. The molecule has 90 valence electrons. The molecule has 0 bridgehead atoms. The third-order valence-electron chi connectivity index (χ3n) is 2.76. The fourth-order valence-electron chi connectivity index (χ4n) is 1.69. The first-order chi connectivity index (χ1) is 8.19. The molecule has 0 aliphatic heterocycles. The lowest BCUT2D eigenvalue weighted by atomic mass is 10.1. The Balaban J connectivity index is 2.18. The van der Waals surface area contributed by atoms with Crippen LogP contribution < -0.4 is 5.73 Å². The van der Waals surface area contributed by atoms with Crippen molar-refractivity contribution >= 4 is 11.6 Å². The SMILES string of the molecule is CCC(N)Cc1cc(-c2cccc(Cl)c2)n[nH]1. The van der Waals surface area contributed by atoms with E-state index in [1.165, 1.54) is 0 Å². The smallest absolute Gasteiger partial charge is 0.0924 e. The molecule has 3 nitrogen and oxygen atoms in total. The van der Waals surface area contributed by atoms with Crippen molar-refractivity contribution in [3.05, 3.63) is 41.0 Å². The predicted octanol–water partition coefficient (Wildman–Crippen LogP) is 3.01. The number of H-pyrrole nitrogens is 1. The van der Waals surface area contributed by atoms with Crippen LogP contribution in [0.4, 0.5) is 0 Å².